The highest BCUT2D eigenvalue weighted by Gasteiger charge is 2.33. The minimum absolute atomic E-state index is 0.0996. The summed E-state index contributed by atoms with van der Waals surface area (Å²) in [6.45, 7) is 13.6. The lowest BCUT2D eigenvalue weighted by Crippen LogP contribution is -2.38. The molecule has 0 aromatic carbocycles. The van der Waals surface area contributed by atoms with E-state index in [9.17, 15) is 0 Å². The zero-order valence-electron chi connectivity index (χ0n) is 15.8. The third-order valence-corrected chi connectivity index (χ3v) is 6.77. The highest BCUT2D eigenvalue weighted by molar-refractivity contribution is 7.12. The maximum absolute atomic E-state index is 4.61. The molecule has 3 heterocycles. The molecular formula is C19H30N4S. The van der Waals surface area contributed by atoms with Gasteiger partial charge >= 0.3 is 0 Å². The molecule has 0 atom stereocenters. The molecule has 3 rings (SSSR count). The van der Waals surface area contributed by atoms with Gasteiger partial charge in [0.05, 0.1) is 5.41 Å². The molecule has 0 unspecified atom stereocenters. The van der Waals surface area contributed by atoms with Gasteiger partial charge in [-0.1, -0.05) is 0 Å². The summed E-state index contributed by atoms with van der Waals surface area (Å²) in [5.74, 6) is 2.77. The van der Waals surface area contributed by atoms with Crippen molar-refractivity contribution in [2.75, 3.05) is 13.1 Å². The predicted molar refractivity (Wildman–Crippen MR) is 101 cm³/mol. The molecule has 132 valence electrons. The van der Waals surface area contributed by atoms with Crippen LogP contribution in [0.25, 0.3) is 0 Å². The lowest BCUT2D eigenvalue weighted by Gasteiger charge is -2.34. The van der Waals surface area contributed by atoms with E-state index in [4.69, 9.17) is 0 Å². The fourth-order valence-corrected chi connectivity index (χ4v) is 4.76. The van der Waals surface area contributed by atoms with E-state index in [1.165, 1.54) is 22.6 Å². The summed E-state index contributed by atoms with van der Waals surface area (Å²) in [5, 5.41) is 9.22. The Morgan fingerprint density at radius 2 is 1.83 bits per heavy atom. The second-order valence-corrected chi connectivity index (χ2v) is 9.17. The van der Waals surface area contributed by atoms with Crippen molar-refractivity contribution in [3.05, 3.63) is 33.5 Å². The Balaban J connectivity index is 1.82. The summed E-state index contributed by atoms with van der Waals surface area (Å²) in [5.41, 5.74) is -0.0996. The summed E-state index contributed by atoms with van der Waals surface area (Å²) in [4.78, 5) is 5.27. The molecule has 0 saturated carbocycles. The molecule has 0 spiro atoms. The lowest BCUT2D eigenvalue weighted by atomic mass is 9.90. The predicted octanol–water partition coefficient (Wildman–Crippen LogP) is 4.10. The molecule has 0 bridgehead atoms. The van der Waals surface area contributed by atoms with Gasteiger partial charge in [-0.15, -0.1) is 21.5 Å². The molecule has 5 heteroatoms. The van der Waals surface area contributed by atoms with Crippen LogP contribution in [-0.4, -0.2) is 38.8 Å². The molecule has 1 saturated heterocycles. The van der Waals surface area contributed by atoms with Crippen molar-refractivity contribution in [3.8, 4) is 0 Å². The quantitative estimate of drug-likeness (QED) is 0.836. The van der Waals surface area contributed by atoms with Crippen LogP contribution in [0, 0.1) is 6.92 Å². The number of aryl methyl sites for hydroxylation is 1. The minimum atomic E-state index is -0.0996. The maximum atomic E-state index is 4.61. The van der Waals surface area contributed by atoms with Gasteiger partial charge in [0, 0.05) is 28.8 Å². The molecule has 0 aliphatic carbocycles. The van der Waals surface area contributed by atoms with Crippen LogP contribution < -0.4 is 0 Å². The SMILES string of the molecule is Cc1ccc(C(C)(C)c2nnc(C3CCN(C(C)C)CC3)n2C)s1. The standard InChI is InChI=1S/C19H30N4S/c1-13(2)23-11-9-15(10-12-23)17-20-21-18(22(17)6)19(4,5)16-8-7-14(3)24-16/h7-8,13,15H,9-12H2,1-6H3. The van der Waals surface area contributed by atoms with Crippen LogP contribution in [0.5, 0.6) is 0 Å². The molecule has 0 amide bonds. The highest BCUT2D eigenvalue weighted by Crippen LogP contribution is 2.36. The Morgan fingerprint density at radius 1 is 1.17 bits per heavy atom. The summed E-state index contributed by atoms with van der Waals surface area (Å²) in [7, 11) is 2.14. The van der Waals surface area contributed by atoms with Gasteiger partial charge < -0.3 is 9.47 Å². The van der Waals surface area contributed by atoms with Crippen LogP contribution >= 0.6 is 11.3 Å². The normalized spacial score (nSPS) is 17.8. The number of likely N-dealkylation sites (tertiary alicyclic amines) is 1. The fourth-order valence-electron chi connectivity index (χ4n) is 3.80. The monoisotopic (exact) mass is 346 g/mol. The Labute approximate surface area is 149 Å². The van der Waals surface area contributed by atoms with Gasteiger partial charge in [-0.3, -0.25) is 0 Å². The Kier molecular flexibility index (Phi) is 4.85. The molecule has 1 aliphatic rings. The lowest BCUT2D eigenvalue weighted by molar-refractivity contribution is 0.168. The molecule has 1 fully saturated rings. The Bertz CT molecular complexity index is 690. The zero-order valence-corrected chi connectivity index (χ0v) is 16.7. The van der Waals surface area contributed by atoms with Gasteiger partial charge in [0.25, 0.3) is 0 Å². The van der Waals surface area contributed by atoms with E-state index in [2.05, 4.69) is 73.5 Å². The average Bonchev–Trinajstić information content (AvgIpc) is 3.14. The average molecular weight is 347 g/mol. The first kappa shape index (κ1) is 17.6. The number of rotatable bonds is 4. The number of nitrogens with zero attached hydrogens (tertiary/aromatic N) is 4. The van der Waals surface area contributed by atoms with Crippen LogP contribution in [0.4, 0.5) is 0 Å². The summed E-state index contributed by atoms with van der Waals surface area (Å²) >= 11 is 1.86. The molecule has 4 nitrogen and oxygen atoms in total. The fraction of sp³-hybridized carbons (Fsp3) is 0.684. The van der Waals surface area contributed by atoms with Crippen LogP contribution in [-0.2, 0) is 12.5 Å². The molecule has 0 N–H and O–H groups in total. The Hall–Kier alpha value is -1.20. The molecule has 2 aromatic rings. The van der Waals surface area contributed by atoms with E-state index in [-0.39, 0.29) is 5.41 Å². The van der Waals surface area contributed by atoms with Gasteiger partial charge in [-0.2, -0.15) is 0 Å². The third-order valence-electron chi connectivity index (χ3n) is 5.45. The van der Waals surface area contributed by atoms with Gasteiger partial charge in [0.2, 0.25) is 0 Å². The number of thiophene rings is 1. The first-order chi connectivity index (χ1) is 11.3. The van der Waals surface area contributed by atoms with E-state index in [0.717, 1.165) is 24.7 Å². The second-order valence-electron chi connectivity index (χ2n) is 7.88. The van der Waals surface area contributed by atoms with Gasteiger partial charge in [0.15, 0.2) is 0 Å². The van der Waals surface area contributed by atoms with Crippen LogP contribution in [0.15, 0.2) is 12.1 Å². The molecule has 24 heavy (non-hydrogen) atoms. The Morgan fingerprint density at radius 3 is 2.38 bits per heavy atom. The van der Waals surface area contributed by atoms with Crippen molar-refractivity contribution < 1.29 is 0 Å². The smallest absolute Gasteiger partial charge is 0.143 e. The van der Waals surface area contributed by atoms with Crippen LogP contribution in [0.3, 0.4) is 0 Å². The molecule has 0 radical (unpaired) electrons. The second kappa shape index (κ2) is 6.60. The third kappa shape index (κ3) is 3.16. The van der Waals surface area contributed by atoms with Gasteiger partial charge in [-0.05, 0) is 72.7 Å². The number of piperidine rings is 1. The highest BCUT2D eigenvalue weighted by atomic mass is 32.1. The van der Waals surface area contributed by atoms with E-state index < -0.39 is 0 Å². The first-order valence-corrected chi connectivity index (χ1v) is 9.83. The number of hydrogen-bond acceptors (Lipinski definition) is 4. The van der Waals surface area contributed by atoms with Crippen molar-refractivity contribution in [1.82, 2.24) is 19.7 Å². The molecule has 1 aliphatic heterocycles. The molecular weight excluding hydrogens is 316 g/mol. The summed E-state index contributed by atoms with van der Waals surface area (Å²) < 4.78 is 2.25. The van der Waals surface area contributed by atoms with Crippen molar-refractivity contribution in [3.63, 3.8) is 0 Å². The van der Waals surface area contributed by atoms with Crippen molar-refractivity contribution in [2.24, 2.45) is 7.05 Å². The van der Waals surface area contributed by atoms with Crippen LogP contribution in [0.1, 0.15) is 67.9 Å². The first-order valence-electron chi connectivity index (χ1n) is 9.01. The van der Waals surface area contributed by atoms with E-state index in [1.54, 1.807) is 0 Å². The van der Waals surface area contributed by atoms with E-state index in [1.807, 2.05) is 11.3 Å². The van der Waals surface area contributed by atoms with Crippen molar-refractivity contribution >= 4 is 11.3 Å². The largest absolute Gasteiger partial charge is 0.317 e. The topological polar surface area (TPSA) is 34.0 Å². The minimum Gasteiger partial charge on any atom is -0.317 e. The van der Waals surface area contributed by atoms with Crippen molar-refractivity contribution in [2.45, 2.75) is 64.8 Å². The summed E-state index contributed by atoms with van der Waals surface area (Å²) in [6, 6.07) is 5.07. The van der Waals surface area contributed by atoms with E-state index in [0.29, 0.717) is 12.0 Å². The van der Waals surface area contributed by atoms with Crippen LogP contribution in [0.2, 0.25) is 0 Å². The zero-order chi connectivity index (χ0) is 17.5. The number of hydrogen-bond donors (Lipinski definition) is 0. The maximum Gasteiger partial charge on any atom is 0.143 e. The van der Waals surface area contributed by atoms with Gasteiger partial charge in [0.1, 0.15) is 11.6 Å². The van der Waals surface area contributed by atoms with Crippen molar-refractivity contribution in [1.29, 1.82) is 0 Å². The number of aromatic nitrogens is 3. The summed E-state index contributed by atoms with van der Waals surface area (Å²) in [6.07, 6.45) is 2.37. The van der Waals surface area contributed by atoms with E-state index >= 15 is 0 Å². The van der Waals surface area contributed by atoms with Gasteiger partial charge in [-0.25, -0.2) is 0 Å². The molecule has 2 aromatic heterocycles.